The highest BCUT2D eigenvalue weighted by Crippen LogP contribution is 2.45. The van der Waals surface area contributed by atoms with Crippen LogP contribution in [0.5, 0.6) is 46.0 Å². The fraction of sp³-hybridized carbons (Fsp3) is 0.333. The second-order valence-corrected chi connectivity index (χ2v) is 10.9. The van der Waals surface area contributed by atoms with E-state index >= 15 is 0 Å². The van der Waals surface area contributed by atoms with Gasteiger partial charge in [0.05, 0.1) is 52.3 Å². The summed E-state index contributed by atoms with van der Waals surface area (Å²) in [4.78, 5) is 26.3. The molecule has 0 amide bonds. The molecule has 6 N–H and O–H groups in total. The molecular formula is C33H34O15. The highest BCUT2D eigenvalue weighted by molar-refractivity contribution is 5.92. The zero-order valence-electron chi connectivity index (χ0n) is 26.2. The number of benzene rings is 3. The fourth-order valence-corrected chi connectivity index (χ4v) is 5.61. The van der Waals surface area contributed by atoms with E-state index in [1.54, 1.807) is 0 Å². The third kappa shape index (κ3) is 6.17. The number of methoxy groups -OCH3 is 4. The number of aliphatic hydroxyl groups excluding tert-OH is 3. The van der Waals surface area contributed by atoms with E-state index in [1.807, 2.05) is 0 Å². The van der Waals surface area contributed by atoms with Gasteiger partial charge in [-0.15, -0.1) is 0 Å². The van der Waals surface area contributed by atoms with Gasteiger partial charge in [0.1, 0.15) is 35.5 Å². The van der Waals surface area contributed by atoms with Crippen LogP contribution in [0, 0.1) is 5.92 Å². The molecule has 0 aliphatic heterocycles. The number of hydrogen-bond acceptors (Lipinski definition) is 15. The van der Waals surface area contributed by atoms with Gasteiger partial charge in [-0.05, 0) is 42.3 Å². The monoisotopic (exact) mass is 670 g/mol. The SMILES string of the molecule is COc1cc(C(=O)OC[C@@H]2C[C@@H](Oc3cc4occ(-c5cc(O)c(OC)c(OC)c5)c(=O)c4c(O)c3OC)[C@H](O)[C@@H](O)[C@@H]2O)ccc1O. The van der Waals surface area contributed by atoms with Gasteiger partial charge >= 0.3 is 5.97 Å². The Bertz CT molecular complexity index is 1880. The molecule has 48 heavy (non-hydrogen) atoms. The number of carbonyl (C=O) groups is 1. The molecule has 1 aliphatic carbocycles. The normalized spacial score (nSPS) is 20.6. The van der Waals surface area contributed by atoms with Crippen LogP contribution >= 0.6 is 0 Å². The molecule has 1 aliphatic rings. The van der Waals surface area contributed by atoms with Gasteiger partial charge in [-0.2, -0.15) is 0 Å². The molecule has 0 unspecified atom stereocenters. The summed E-state index contributed by atoms with van der Waals surface area (Å²) < 4.78 is 37.8. The van der Waals surface area contributed by atoms with Crippen molar-refractivity contribution in [1.29, 1.82) is 0 Å². The standard InChI is InChI=1S/C33H34O15/c1-42-20-8-14(5-6-18(20)34)33(41)47-12-16-10-22(28(38)30(40)26(16)36)48-24-11-21-25(29(39)32(24)45-4)27(37)17(13-46-21)15-7-19(35)31(44-3)23(9-15)43-2/h5-9,11,13,16,22,26,28,30,34-36,38-40H,10,12H2,1-4H3/t16-,22+,26+,28-,30-/m0/s1. The van der Waals surface area contributed by atoms with Crippen molar-refractivity contribution in [1.82, 2.24) is 0 Å². The van der Waals surface area contributed by atoms with Gasteiger partial charge < -0.3 is 63.5 Å². The fourth-order valence-electron chi connectivity index (χ4n) is 5.61. The lowest BCUT2D eigenvalue weighted by molar-refractivity contribution is -0.157. The van der Waals surface area contributed by atoms with Crippen LogP contribution in [0.3, 0.4) is 0 Å². The summed E-state index contributed by atoms with van der Waals surface area (Å²) in [5.74, 6) is -3.04. The highest BCUT2D eigenvalue weighted by atomic mass is 16.5. The van der Waals surface area contributed by atoms with Gasteiger partial charge in [0.25, 0.3) is 0 Å². The summed E-state index contributed by atoms with van der Waals surface area (Å²) in [5, 5.41) is 63.1. The van der Waals surface area contributed by atoms with Crippen molar-refractivity contribution in [2.45, 2.75) is 30.8 Å². The molecule has 1 fully saturated rings. The van der Waals surface area contributed by atoms with Gasteiger partial charge in [0, 0.05) is 12.0 Å². The predicted octanol–water partition coefficient (Wildman–Crippen LogP) is 2.32. The number of esters is 1. The van der Waals surface area contributed by atoms with E-state index in [0.29, 0.717) is 0 Å². The predicted molar refractivity (Wildman–Crippen MR) is 166 cm³/mol. The van der Waals surface area contributed by atoms with Gasteiger partial charge in [-0.25, -0.2) is 4.79 Å². The largest absolute Gasteiger partial charge is 0.504 e. The second kappa shape index (κ2) is 13.8. The maximum absolute atomic E-state index is 13.6. The van der Waals surface area contributed by atoms with Crippen molar-refractivity contribution in [3.8, 4) is 57.1 Å². The average Bonchev–Trinajstić information content (AvgIpc) is 3.07. The zero-order valence-corrected chi connectivity index (χ0v) is 26.2. The van der Waals surface area contributed by atoms with Crippen LogP contribution in [-0.2, 0) is 4.74 Å². The van der Waals surface area contributed by atoms with Crippen molar-refractivity contribution < 1.29 is 68.3 Å². The number of aliphatic hydroxyl groups is 3. The first kappa shape index (κ1) is 34.0. The van der Waals surface area contributed by atoms with E-state index in [1.165, 1.54) is 64.8 Å². The number of aromatic hydroxyl groups is 3. The molecule has 0 saturated heterocycles. The Kier molecular flexibility index (Phi) is 9.74. The van der Waals surface area contributed by atoms with Gasteiger partial charge in [0.15, 0.2) is 34.5 Å². The summed E-state index contributed by atoms with van der Waals surface area (Å²) in [5.41, 5.74) is -0.578. The topological polar surface area (TPSA) is 224 Å². The van der Waals surface area contributed by atoms with Crippen molar-refractivity contribution in [2.24, 2.45) is 5.92 Å². The van der Waals surface area contributed by atoms with Crippen LogP contribution in [0.4, 0.5) is 0 Å². The molecule has 4 aromatic rings. The van der Waals surface area contributed by atoms with E-state index < -0.39 is 47.5 Å². The van der Waals surface area contributed by atoms with Gasteiger partial charge in [-0.1, -0.05) is 0 Å². The van der Waals surface area contributed by atoms with E-state index in [4.69, 9.17) is 32.8 Å². The Morgan fingerprint density at radius 1 is 0.812 bits per heavy atom. The minimum atomic E-state index is -1.71. The second-order valence-electron chi connectivity index (χ2n) is 10.9. The molecule has 0 radical (unpaired) electrons. The Morgan fingerprint density at radius 3 is 2.19 bits per heavy atom. The van der Waals surface area contributed by atoms with Crippen LogP contribution < -0.4 is 29.1 Å². The number of phenolic OH excluding ortho intramolecular Hbond substituents is 3. The minimum Gasteiger partial charge on any atom is -0.504 e. The molecule has 0 bridgehead atoms. The maximum Gasteiger partial charge on any atom is 0.338 e. The van der Waals surface area contributed by atoms with Crippen molar-refractivity contribution in [3.05, 3.63) is 58.4 Å². The number of fused-ring (bicyclic) bond motifs is 1. The van der Waals surface area contributed by atoms with E-state index in [-0.39, 0.29) is 80.9 Å². The molecule has 15 nitrogen and oxygen atoms in total. The summed E-state index contributed by atoms with van der Waals surface area (Å²) >= 11 is 0. The number of hydrogen-bond donors (Lipinski definition) is 6. The van der Waals surface area contributed by atoms with Crippen molar-refractivity contribution in [2.75, 3.05) is 35.0 Å². The Hall–Kier alpha value is -5.38. The molecule has 256 valence electrons. The molecule has 0 spiro atoms. The average molecular weight is 671 g/mol. The molecular weight excluding hydrogens is 636 g/mol. The van der Waals surface area contributed by atoms with Crippen LogP contribution in [-0.4, -0.2) is 96.1 Å². The van der Waals surface area contributed by atoms with Crippen molar-refractivity contribution >= 4 is 16.9 Å². The lowest BCUT2D eigenvalue weighted by Gasteiger charge is -2.40. The third-order valence-corrected chi connectivity index (χ3v) is 8.16. The summed E-state index contributed by atoms with van der Waals surface area (Å²) in [6, 6.07) is 7.82. The van der Waals surface area contributed by atoms with Crippen LogP contribution in [0.2, 0.25) is 0 Å². The number of phenols is 3. The molecule has 3 aromatic carbocycles. The van der Waals surface area contributed by atoms with Crippen molar-refractivity contribution in [3.63, 3.8) is 0 Å². The third-order valence-electron chi connectivity index (χ3n) is 8.16. The Balaban J connectivity index is 1.42. The minimum absolute atomic E-state index is 0.0345. The lowest BCUT2D eigenvalue weighted by Crippen LogP contribution is -2.56. The van der Waals surface area contributed by atoms with Gasteiger partial charge in [0.2, 0.25) is 16.9 Å². The number of carbonyl (C=O) groups excluding carboxylic acids is 1. The molecule has 5 rings (SSSR count). The lowest BCUT2D eigenvalue weighted by atomic mass is 9.81. The Labute approximate surface area is 272 Å². The van der Waals surface area contributed by atoms with Crippen LogP contribution in [0.25, 0.3) is 22.1 Å². The smallest absolute Gasteiger partial charge is 0.338 e. The van der Waals surface area contributed by atoms with Gasteiger partial charge in [-0.3, -0.25) is 4.79 Å². The molecule has 15 heteroatoms. The van der Waals surface area contributed by atoms with E-state index in [9.17, 15) is 40.2 Å². The quantitative estimate of drug-likeness (QED) is 0.133. The first-order valence-electron chi connectivity index (χ1n) is 14.5. The molecule has 1 saturated carbocycles. The molecule has 1 heterocycles. The highest BCUT2D eigenvalue weighted by Gasteiger charge is 2.45. The van der Waals surface area contributed by atoms with Crippen LogP contribution in [0.15, 0.2) is 51.9 Å². The maximum atomic E-state index is 13.6. The zero-order chi connectivity index (χ0) is 34.9. The summed E-state index contributed by atoms with van der Waals surface area (Å²) in [6.45, 7) is -0.379. The summed E-state index contributed by atoms with van der Waals surface area (Å²) in [6.07, 6.45) is -5.06. The number of rotatable bonds is 10. The van der Waals surface area contributed by atoms with Crippen LogP contribution in [0.1, 0.15) is 16.8 Å². The van der Waals surface area contributed by atoms with E-state index in [2.05, 4.69) is 0 Å². The molecule has 5 atom stereocenters. The summed E-state index contributed by atoms with van der Waals surface area (Å²) in [7, 11) is 5.22. The Morgan fingerprint density at radius 2 is 1.52 bits per heavy atom. The molecule has 1 aromatic heterocycles. The van der Waals surface area contributed by atoms with E-state index in [0.717, 1.165) is 6.26 Å². The first-order valence-corrected chi connectivity index (χ1v) is 14.5. The first-order chi connectivity index (χ1) is 22.9. The number of ether oxygens (including phenoxy) is 6.